The van der Waals surface area contributed by atoms with Crippen LogP contribution in [0.5, 0.6) is 0 Å². The van der Waals surface area contributed by atoms with Gasteiger partial charge in [-0.05, 0) is 49.7 Å². The fourth-order valence-corrected chi connectivity index (χ4v) is 4.30. The maximum Gasteiger partial charge on any atom is 0.253 e. The number of hydrogen-bond donors (Lipinski definition) is 2. The molecule has 3 aromatic rings. The minimum Gasteiger partial charge on any atom is -0.342 e. The molecule has 0 saturated heterocycles. The Labute approximate surface area is 206 Å². The molecule has 7 nitrogen and oxygen atoms in total. The average Bonchev–Trinajstić information content (AvgIpc) is 3.17. The molecule has 0 aliphatic carbocycles. The van der Waals surface area contributed by atoms with Gasteiger partial charge in [-0.2, -0.15) is 0 Å². The molecule has 2 N–H and O–H groups in total. The van der Waals surface area contributed by atoms with E-state index in [1.165, 1.54) is 11.8 Å². The zero-order valence-electron chi connectivity index (χ0n) is 18.1. The third-order valence-corrected chi connectivity index (χ3v) is 6.24. The summed E-state index contributed by atoms with van der Waals surface area (Å²) in [5.41, 5.74) is 1.96. The number of carbonyl (C=O) groups excluding carboxylic acids is 2. The molecule has 3 rings (SSSR count). The van der Waals surface area contributed by atoms with Gasteiger partial charge in [0.15, 0.2) is 11.0 Å². The van der Waals surface area contributed by atoms with Crippen LogP contribution in [0.3, 0.4) is 0 Å². The number of amides is 2. The van der Waals surface area contributed by atoms with Crippen LogP contribution in [0.4, 0.5) is 5.69 Å². The third-order valence-electron chi connectivity index (χ3n) is 4.71. The van der Waals surface area contributed by atoms with Gasteiger partial charge in [0, 0.05) is 17.3 Å². The lowest BCUT2D eigenvalue weighted by Gasteiger charge is -2.15. The SMILES string of the molecule is C=CCn1c(SCC(=O)Nc2ccc(Cl)cc2C)nnc1[C@@H](C)NC(=O)c1ccccc1Cl. The van der Waals surface area contributed by atoms with Crippen LogP contribution in [0.15, 0.2) is 60.3 Å². The van der Waals surface area contributed by atoms with E-state index in [1.807, 2.05) is 18.4 Å². The number of aromatic nitrogens is 3. The Kier molecular flexibility index (Phi) is 8.55. The lowest BCUT2D eigenvalue weighted by molar-refractivity contribution is -0.113. The fourth-order valence-electron chi connectivity index (χ4n) is 3.10. The Bertz CT molecular complexity index is 1180. The predicted molar refractivity (Wildman–Crippen MR) is 133 cm³/mol. The topological polar surface area (TPSA) is 88.9 Å². The molecule has 0 bridgehead atoms. The van der Waals surface area contributed by atoms with Gasteiger partial charge in [0.05, 0.1) is 22.4 Å². The summed E-state index contributed by atoms with van der Waals surface area (Å²) in [6.45, 7) is 7.89. The van der Waals surface area contributed by atoms with E-state index in [-0.39, 0.29) is 17.6 Å². The van der Waals surface area contributed by atoms with Crippen molar-refractivity contribution in [2.75, 3.05) is 11.1 Å². The van der Waals surface area contributed by atoms with E-state index < -0.39 is 6.04 Å². The van der Waals surface area contributed by atoms with Gasteiger partial charge < -0.3 is 15.2 Å². The standard InChI is InChI=1S/C23H23Cl2N5O2S/c1-4-11-30-21(15(3)26-22(32)17-7-5-6-8-18(17)25)28-29-23(30)33-13-20(31)27-19-10-9-16(24)12-14(19)2/h4-10,12,15H,1,11,13H2,2-3H3,(H,26,32)(H,27,31)/t15-/m1/s1. The van der Waals surface area contributed by atoms with E-state index >= 15 is 0 Å². The Balaban J connectivity index is 1.68. The molecule has 1 aromatic heterocycles. The van der Waals surface area contributed by atoms with Crippen molar-refractivity contribution in [2.24, 2.45) is 0 Å². The fraction of sp³-hybridized carbons (Fsp3) is 0.217. The van der Waals surface area contributed by atoms with E-state index in [1.54, 1.807) is 48.5 Å². The molecule has 0 unspecified atom stereocenters. The van der Waals surface area contributed by atoms with Gasteiger partial charge >= 0.3 is 0 Å². The molecule has 1 heterocycles. The number of hydrogen-bond acceptors (Lipinski definition) is 5. The van der Waals surface area contributed by atoms with Crippen LogP contribution in [0.25, 0.3) is 0 Å². The Morgan fingerprint density at radius 3 is 2.67 bits per heavy atom. The van der Waals surface area contributed by atoms with Crippen LogP contribution in [0.1, 0.15) is 34.7 Å². The van der Waals surface area contributed by atoms with E-state index in [0.29, 0.717) is 38.8 Å². The molecule has 0 aliphatic heterocycles. The number of thioether (sulfide) groups is 1. The minimum atomic E-state index is -0.443. The van der Waals surface area contributed by atoms with Crippen molar-refractivity contribution >= 4 is 52.5 Å². The molecule has 0 radical (unpaired) electrons. The molecule has 0 saturated carbocycles. The van der Waals surface area contributed by atoms with Crippen LogP contribution in [0.2, 0.25) is 10.0 Å². The maximum absolute atomic E-state index is 12.6. The van der Waals surface area contributed by atoms with Gasteiger partial charge in [0.2, 0.25) is 5.91 Å². The molecule has 2 amide bonds. The number of anilines is 1. The van der Waals surface area contributed by atoms with Crippen LogP contribution in [-0.2, 0) is 11.3 Å². The molecule has 33 heavy (non-hydrogen) atoms. The van der Waals surface area contributed by atoms with Crippen LogP contribution in [0, 0.1) is 6.92 Å². The van der Waals surface area contributed by atoms with E-state index in [9.17, 15) is 9.59 Å². The zero-order chi connectivity index (χ0) is 24.0. The van der Waals surface area contributed by atoms with E-state index in [0.717, 1.165) is 5.56 Å². The Morgan fingerprint density at radius 1 is 1.21 bits per heavy atom. The number of allylic oxidation sites excluding steroid dienone is 1. The Morgan fingerprint density at radius 2 is 1.97 bits per heavy atom. The highest BCUT2D eigenvalue weighted by Crippen LogP contribution is 2.23. The van der Waals surface area contributed by atoms with Crippen LogP contribution >= 0.6 is 35.0 Å². The first-order valence-electron chi connectivity index (χ1n) is 10.1. The summed E-state index contributed by atoms with van der Waals surface area (Å²) in [5, 5.41) is 15.7. The molecule has 0 spiro atoms. The molecule has 1 atom stereocenters. The number of rotatable bonds is 9. The summed E-state index contributed by atoms with van der Waals surface area (Å²) >= 11 is 13.3. The number of carbonyl (C=O) groups is 2. The van der Waals surface area contributed by atoms with Crippen molar-refractivity contribution in [2.45, 2.75) is 31.6 Å². The molecule has 0 aliphatic rings. The average molecular weight is 504 g/mol. The molecule has 2 aromatic carbocycles. The van der Waals surface area contributed by atoms with E-state index in [2.05, 4.69) is 27.4 Å². The second-order valence-corrected chi connectivity index (χ2v) is 9.00. The van der Waals surface area contributed by atoms with E-state index in [4.69, 9.17) is 23.2 Å². The van der Waals surface area contributed by atoms with Gasteiger partial charge in [0.25, 0.3) is 5.91 Å². The number of halogens is 2. The molecular weight excluding hydrogens is 481 g/mol. The summed E-state index contributed by atoms with van der Waals surface area (Å²) in [4.78, 5) is 25.1. The van der Waals surface area contributed by atoms with Crippen molar-refractivity contribution in [1.29, 1.82) is 0 Å². The molecular formula is C23H23Cl2N5O2S. The van der Waals surface area contributed by atoms with Gasteiger partial charge in [0.1, 0.15) is 0 Å². The maximum atomic E-state index is 12.6. The van der Waals surface area contributed by atoms with Crippen molar-refractivity contribution in [1.82, 2.24) is 20.1 Å². The first kappa shape index (κ1) is 24.8. The summed E-state index contributed by atoms with van der Waals surface area (Å²) in [5.74, 6) is 0.192. The van der Waals surface area contributed by atoms with Gasteiger partial charge in [-0.1, -0.05) is 53.2 Å². The van der Waals surface area contributed by atoms with Crippen molar-refractivity contribution in [3.05, 3.63) is 82.1 Å². The first-order valence-corrected chi connectivity index (χ1v) is 11.8. The van der Waals surface area contributed by atoms with Crippen molar-refractivity contribution < 1.29 is 9.59 Å². The molecule has 0 fully saturated rings. The minimum absolute atomic E-state index is 0.137. The molecule has 172 valence electrons. The monoisotopic (exact) mass is 503 g/mol. The van der Waals surface area contributed by atoms with Crippen molar-refractivity contribution in [3.63, 3.8) is 0 Å². The largest absolute Gasteiger partial charge is 0.342 e. The lowest BCUT2D eigenvalue weighted by Crippen LogP contribution is -2.29. The number of benzene rings is 2. The lowest BCUT2D eigenvalue weighted by atomic mass is 10.2. The smallest absolute Gasteiger partial charge is 0.253 e. The van der Waals surface area contributed by atoms with Gasteiger partial charge in [-0.25, -0.2) is 0 Å². The highest BCUT2D eigenvalue weighted by Gasteiger charge is 2.21. The zero-order valence-corrected chi connectivity index (χ0v) is 20.5. The van der Waals surface area contributed by atoms with Crippen LogP contribution in [-0.4, -0.2) is 32.3 Å². The highest BCUT2D eigenvalue weighted by atomic mass is 35.5. The summed E-state index contributed by atoms with van der Waals surface area (Å²) in [7, 11) is 0. The summed E-state index contributed by atoms with van der Waals surface area (Å²) in [6.07, 6.45) is 1.71. The number of nitrogens with one attached hydrogen (secondary N) is 2. The molecule has 10 heteroatoms. The Hall–Kier alpha value is -2.81. The van der Waals surface area contributed by atoms with Crippen molar-refractivity contribution in [3.8, 4) is 0 Å². The second-order valence-electron chi connectivity index (χ2n) is 7.21. The third kappa shape index (κ3) is 6.37. The van der Waals surface area contributed by atoms with Gasteiger partial charge in [-0.15, -0.1) is 16.8 Å². The predicted octanol–water partition coefficient (Wildman–Crippen LogP) is 5.30. The van der Waals surface area contributed by atoms with Crippen LogP contribution < -0.4 is 10.6 Å². The highest BCUT2D eigenvalue weighted by molar-refractivity contribution is 7.99. The summed E-state index contributed by atoms with van der Waals surface area (Å²) < 4.78 is 1.82. The summed E-state index contributed by atoms with van der Waals surface area (Å²) in [6, 6.07) is 11.7. The number of nitrogens with zero attached hydrogens (tertiary/aromatic N) is 3. The second kappa shape index (κ2) is 11.4. The van der Waals surface area contributed by atoms with Gasteiger partial charge in [-0.3, -0.25) is 9.59 Å². The first-order chi connectivity index (χ1) is 15.8. The number of aryl methyl sites for hydroxylation is 1. The quantitative estimate of drug-likeness (QED) is 0.305. The normalized spacial score (nSPS) is 11.6.